The van der Waals surface area contributed by atoms with Crippen LogP contribution in [0.3, 0.4) is 0 Å². The third-order valence-electron chi connectivity index (χ3n) is 4.74. The number of nitrogens with zero attached hydrogens (tertiary/aromatic N) is 3. The Balaban J connectivity index is 1.56. The lowest BCUT2D eigenvalue weighted by molar-refractivity contribution is -0.115. The molecule has 2 heterocycles. The Kier molecular flexibility index (Phi) is 6.22. The van der Waals surface area contributed by atoms with E-state index in [1.807, 2.05) is 6.92 Å². The fourth-order valence-corrected chi connectivity index (χ4v) is 4.29. The molecule has 11 heteroatoms. The summed E-state index contributed by atoms with van der Waals surface area (Å²) in [6.07, 6.45) is -0.548. The van der Waals surface area contributed by atoms with E-state index in [4.69, 9.17) is 0 Å². The van der Waals surface area contributed by atoms with Crippen LogP contribution < -0.4 is 5.32 Å². The van der Waals surface area contributed by atoms with E-state index in [2.05, 4.69) is 20.5 Å². The summed E-state index contributed by atoms with van der Waals surface area (Å²) < 4.78 is 25.3. The van der Waals surface area contributed by atoms with Crippen LogP contribution in [0.4, 0.5) is 19.4 Å². The first-order valence-electron chi connectivity index (χ1n) is 8.86. The fraction of sp³-hybridized carbons (Fsp3) is 0.529. The molecular weight excluding hydrogens is 392 g/mol. The Morgan fingerprint density at radius 2 is 2.25 bits per heavy atom. The molecular formula is C17H21F2N5O3S. The van der Waals surface area contributed by atoms with Crippen LogP contribution in [-0.4, -0.2) is 56.2 Å². The molecule has 0 aliphatic heterocycles. The first-order chi connectivity index (χ1) is 13.3. The normalized spacial score (nSPS) is 19.1. The van der Waals surface area contributed by atoms with Gasteiger partial charge in [-0.2, -0.15) is 5.10 Å². The zero-order chi connectivity index (χ0) is 20.3. The van der Waals surface area contributed by atoms with Gasteiger partial charge in [-0.1, -0.05) is 0 Å². The molecule has 28 heavy (non-hydrogen) atoms. The minimum Gasteiger partial charge on any atom is -0.465 e. The molecule has 1 fully saturated rings. The highest BCUT2D eigenvalue weighted by molar-refractivity contribution is 7.11. The SMILES string of the molecule is Cc1ncc(CC(=O)Nc2cc([C@H]3CC[C@@H](N(CC(F)F)C(=O)O)C3)[nH]n2)s1. The van der Waals surface area contributed by atoms with Gasteiger partial charge in [0.05, 0.1) is 18.0 Å². The van der Waals surface area contributed by atoms with Crippen molar-refractivity contribution in [2.24, 2.45) is 0 Å². The van der Waals surface area contributed by atoms with Crippen molar-refractivity contribution in [1.29, 1.82) is 0 Å². The van der Waals surface area contributed by atoms with E-state index in [1.165, 1.54) is 11.3 Å². The summed E-state index contributed by atoms with van der Waals surface area (Å²) in [5.41, 5.74) is 0.758. The summed E-state index contributed by atoms with van der Waals surface area (Å²) >= 11 is 1.46. The highest BCUT2D eigenvalue weighted by atomic mass is 32.1. The number of H-pyrrole nitrogens is 1. The van der Waals surface area contributed by atoms with E-state index in [-0.39, 0.29) is 18.2 Å². The lowest BCUT2D eigenvalue weighted by atomic mass is 10.0. The van der Waals surface area contributed by atoms with Gasteiger partial charge in [0, 0.05) is 34.8 Å². The minimum absolute atomic E-state index is 0.0215. The molecule has 2 amide bonds. The fourth-order valence-electron chi connectivity index (χ4n) is 3.50. The maximum atomic E-state index is 12.6. The average Bonchev–Trinajstić information content (AvgIpc) is 3.33. The van der Waals surface area contributed by atoms with Crippen LogP contribution in [0.1, 0.15) is 40.8 Å². The Morgan fingerprint density at radius 3 is 2.89 bits per heavy atom. The Labute approximate surface area is 164 Å². The van der Waals surface area contributed by atoms with Gasteiger partial charge in [0.1, 0.15) is 0 Å². The van der Waals surface area contributed by atoms with Gasteiger partial charge in [-0.25, -0.2) is 18.6 Å². The molecule has 152 valence electrons. The summed E-state index contributed by atoms with van der Waals surface area (Å²) in [6, 6.07) is 1.26. The van der Waals surface area contributed by atoms with Crippen LogP contribution in [0.5, 0.6) is 0 Å². The van der Waals surface area contributed by atoms with Gasteiger partial charge in [-0.15, -0.1) is 11.3 Å². The maximum absolute atomic E-state index is 12.6. The third-order valence-corrected chi connectivity index (χ3v) is 5.65. The smallest absolute Gasteiger partial charge is 0.407 e. The second-order valence-electron chi connectivity index (χ2n) is 6.77. The van der Waals surface area contributed by atoms with Crippen molar-refractivity contribution < 1.29 is 23.5 Å². The number of carbonyl (C=O) groups is 2. The summed E-state index contributed by atoms with van der Waals surface area (Å²) in [7, 11) is 0. The van der Waals surface area contributed by atoms with Crippen LogP contribution >= 0.6 is 11.3 Å². The van der Waals surface area contributed by atoms with Gasteiger partial charge in [0.15, 0.2) is 5.82 Å². The summed E-state index contributed by atoms with van der Waals surface area (Å²) in [4.78, 5) is 29.2. The summed E-state index contributed by atoms with van der Waals surface area (Å²) in [5.74, 6) is 0.152. The van der Waals surface area contributed by atoms with Crippen LogP contribution in [-0.2, 0) is 11.2 Å². The Morgan fingerprint density at radius 1 is 1.46 bits per heavy atom. The number of anilines is 1. The molecule has 1 saturated carbocycles. The molecule has 2 aromatic rings. The van der Waals surface area contributed by atoms with Crippen molar-refractivity contribution in [3.63, 3.8) is 0 Å². The second kappa shape index (κ2) is 8.63. The number of alkyl halides is 2. The number of amides is 2. The molecule has 0 unspecified atom stereocenters. The van der Waals surface area contributed by atoms with E-state index in [9.17, 15) is 23.5 Å². The molecule has 2 aromatic heterocycles. The molecule has 3 rings (SSSR count). The first kappa shape index (κ1) is 20.2. The highest BCUT2D eigenvalue weighted by Gasteiger charge is 2.34. The highest BCUT2D eigenvalue weighted by Crippen LogP contribution is 2.37. The van der Waals surface area contributed by atoms with Gasteiger partial charge in [0.2, 0.25) is 5.91 Å². The van der Waals surface area contributed by atoms with Crippen LogP contribution in [0.25, 0.3) is 0 Å². The predicted octanol–water partition coefficient (Wildman–Crippen LogP) is 3.24. The Bertz CT molecular complexity index is 840. The van der Waals surface area contributed by atoms with Crippen molar-refractivity contribution in [3.8, 4) is 0 Å². The minimum atomic E-state index is -2.70. The number of carboxylic acid groups (broad SMARTS) is 1. The van der Waals surface area contributed by atoms with Crippen LogP contribution in [0.2, 0.25) is 0 Å². The van der Waals surface area contributed by atoms with Gasteiger partial charge < -0.3 is 10.4 Å². The van der Waals surface area contributed by atoms with Crippen molar-refractivity contribution in [3.05, 3.63) is 27.8 Å². The van der Waals surface area contributed by atoms with E-state index >= 15 is 0 Å². The number of aromatic nitrogens is 3. The number of carbonyl (C=O) groups excluding carboxylic acids is 1. The van der Waals surface area contributed by atoms with Crippen LogP contribution in [0.15, 0.2) is 12.3 Å². The van der Waals surface area contributed by atoms with Gasteiger partial charge in [0.25, 0.3) is 6.43 Å². The van der Waals surface area contributed by atoms with E-state index < -0.39 is 25.1 Å². The van der Waals surface area contributed by atoms with Crippen molar-refractivity contribution in [2.75, 3.05) is 11.9 Å². The monoisotopic (exact) mass is 413 g/mol. The first-order valence-corrected chi connectivity index (χ1v) is 9.67. The number of hydrogen-bond donors (Lipinski definition) is 3. The summed E-state index contributed by atoms with van der Waals surface area (Å²) in [6.45, 7) is 1.09. The molecule has 0 bridgehead atoms. The van der Waals surface area contributed by atoms with Crippen LogP contribution in [0, 0.1) is 6.92 Å². The molecule has 1 aliphatic rings. The van der Waals surface area contributed by atoms with Crippen molar-refractivity contribution in [1.82, 2.24) is 20.1 Å². The van der Waals surface area contributed by atoms with E-state index in [0.717, 1.165) is 20.5 Å². The Hall–Kier alpha value is -2.56. The van der Waals surface area contributed by atoms with Gasteiger partial charge >= 0.3 is 6.09 Å². The predicted molar refractivity (Wildman–Crippen MR) is 98.9 cm³/mol. The van der Waals surface area contributed by atoms with E-state index in [1.54, 1.807) is 12.3 Å². The van der Waals surface area contributed by atoms with Gasteiger partial charge in [-0.05, 0) is 26.2 Å². The van der Waals surface area contributed by atoms with Crippen molar-refractivity contribution in [2.45, 2.75) is 51.0 Å². The average molecular weight is 413 g/mol. The molecule has 2 atom stereocenters. The molecule has 0 radical (unpaired) electrons. The molecule has 1 aliphatic carbocycles. The molecule has 0 aromatic carbocycles. The number of hydrogen-bond acceptors (Lipinski definition) is 5. The molecule has 8 nitrogen and oxygen atoms in total. The zero-order valence-corrected chi connectivity index (χ0v) is 16.0. The van der Waals surface area contributed by atoms with E-state index in [0.29, 0.717) is 25.1 Å². The summed E-state index contributed by atoms with van der Waals surface area (Å²) in [5, 5.41) is 19.7. The standard InChI is InChI=1S/C17H21F2N5O3S/c1-9-20-7-12(28-9)5-16(25)21-15-6-13(22-23-15)10-2-3-11(4-10)24(17(26)27)8-14(18)19/h6-7,10-11,14H,2-5,8H2,1H3,(H,26,27)(H2,21,22,23,25)/t10-,11+/m0/s1. The quantitative estimate of drug-likeness (QED) is 0.645. The number of nitrogens with one attached hydrogen (secondary N) is 2. The molecule has 0 saturated heterocycles. The van der Waals surface area contributed by atoms with Gasteiger partial charge in [-0.3, -0.25) is 14.8 Å². The topological polar surface area (TPSA) is 111 Å². The number of thiazole rings is 1. The number of aryl methyl sites for hydroxylation is 1. The number of aromatic amines is 1. The third kappa shape index (κ3) is 5.03. The largest absolute Gasteiger partial charge is 0.465 e. The number of rotatable bonds is 7. The number of halogens is 2. The molecule has 0 spiro atoms. The lowest BCUT2D eigenvalue weighted by Gasteiger charge is -2.25. The zero-order valence-electron chi connectivity index (χ0n) is 15.2. The maximum Gasteiger partial charge on any atom is 0.407 e. The van der Waals surface area contributed by atoms with Crippen molar-refractivity contribution >= 4 is 29.2 Å². The molecule has 3 N–H and O–H groups in total. The second-order valence-corrected chi connectivity index (χ2v) is 8.09. The lowest BCUT2D eigenvalue weighted by Crippen LogP contribution is -2.41.